The molecule has 0 aromatic rings. The number of rotatable bonds is 10. The van der Waals surface area contributed by atoms with Crippen LogP contribution in [0.4, 0.5) is 0 Å². The van der Waals surface area contributed by atoms with Crippen LogP contribution in [0.15, 0.2) is 11.3 Å². The van der Waals surface area contributed by atoms with Gasteiger partial charge in [0.1, 0.15) is 5.76 Å². The second-order valence-corrected chi connectivity index (χ2v) is 9.39. The summed E-state index contributed by atoms with van der Waals surface area (Å²) in [6.07, 6.45) is 0.193. The molecule has 0 aromatic heterocycles. The van der Waals surface area contributed by atoms with Gasteiger partial charge in [0.25, 0.3) is 0 Å². The summed E-state index contributed by atoms with van der Waals surface area (Å²) < 4.78 is 23.5. The quantitative estimate of drug-likeness (QED) is 0.250. The topological polar surface area (TPSA) is 116 Å². The Morgan fingerprint density at radius 1 is 1.28 bits per heavy atom. The molecule has 1 atom stereocenters. The van der Waals surface area contributed by atoms with Crippen LogP contribution in [0.3, 0.4) is 0 Å². The minimum atomic E-state index is -4.15. The van der Waals surface area contributed by atoms with Gasteiger partial charge in [-0.25, -0.2) is 0 Å². The summed E-state index contributed by atoms with van der Waals surface area (Å²) in [5, 5.41) is 21.4. The first-order valence-electron chi connectivity index (χ1n) is 7.64. The molecule has 0 bridgehead atoms. The van der Waals surface area contributed by atoms with Crippen LogP contribution in [0.2, 0.25) is 0 Å². The number of carbonyl (C=O) groups excluding carboxylic acids is 1. The number of alkyl halides is 2. The highest BCUT2D eigenvalue weighted by molar-refractivity contribution is 7.55. The highest BCUT2D eigenvalue weighted by Gasteiger charge is 2.48. The first kappa shape index (κ1) is 22.4. The number of nitro groups is 1. The Morgan fingerprint density at radius 3 is 2.20 bits per heavy atom. The van der Waals surface area contributed by atoms with Crippen molar-refractivity contribution >= 4 is 36.6 Å². The van der Waals surface area contributed by atoms with Crippen molar-refractivity contribution in [3.8, 4) is 0 Å². The molecule has 1 aliphatic carbocycles. The van der Waals surface area contributed by atoms with Gasteiger partial charge in [0.15, 0.2) is 11.4 Å². The van der Waals surface area contributed by atoms with E-state index in [0.717, 1.165) is 0 Å². The van der Waals surface area contributed by atoms with Crippen molar-refractivity contribution in [1.29, 1.82) is 0 Å². The average Bonchev–Trinajstić information content (AvgIpc) is 2.47. The predicted molar refractivity (Wildman–Crippen MR) is 94.3 cm³/mol. The molecule has 0 saturated carbocycles. The fourth-order valence-corrected chi connectivity index (χ4v) is 5.15. The average molecular weight is 418 g/mol. The van der Waals surface area contributed by atoms with Crippen LogP contribution < -0.4 is 0 Å². The van der Waals surface area contributed by atoms with Gasteiger partial charge in [-0.1, -0.05) is 13.8 Å². The molecule has 0 aromatic carbocycles. The number of nitrogens with zero attached hydrogens (tertiary/aromatic N) is 1. The Balaban J connectivity index is 3.36. The van der Waals surface area contributed by atoms with E-state index in [4.69, 9.17) is 32.2 Å². The molecule has 0 aliphatic heterocycles. The van der Waals surface area contributed by atoms with Crippen LogP contribution in [-0.4, -0.2) is 53.0 Å². The molecule has 1 aliphatic rings. The molecule has 11 heteroatoms. The van der Waals surface area contributed by atoms with Gasteiger partial charge in [0.2, 0.25) is 6.54 Å². The van der Waals surface area contributed by atoms with E-state index in [9.17, 15) is 24.6 Å². The van der Waals surface area contributed by atoms with Crippen molar-refractivity contribution in [2.75, 3.05) is 31.5 Å². The van der Waals surface area contributed by atoms with Gasteiger partial charge in [-0.05, 0) is 5.41 Å². The number of aliphatic hydroxyl groups is 1. The molecular weight excluding hydrogens is 396 g/mol. The number of hydrogen-bond acceptors (Lipinski definition) is 7. The molecule has 0 fully saturated rings. The molecule has 0 saturated heterocycles. The minimum Gasteiger partial charge on any atom is -0.512 e. The molecule has 1 rings (SSSR count). The maximum Gasteiger partial charge on any atom is 0.345 e. The smallest absolute Gasteiger partial charge is 0.345 e. The predicted octanol–water partition coefficient (Wildman–Crippen LogP) is 3.54. The lowest BCUT2D eigenvalue weighted by molar-refractivity contribution is -0.478. The van der Waals surface area contributed by atoms with E-state index < -0.39 is 35.9 Å². The summed E-state index contributed by atoms with van der Waals surface area (Å²) in [6.45, 7) is 2.31. The number of carbonyl (C=O) groups is 1. The number of allylic oxidation sites excluding steroid dienone is 1. The minimum absolute atomic E-state index is 0.0224. The van der Waals surface area contributed by atoms with E-state index in [1.54, 1.807) is 13.8 Å². The summed E-state index contributed by atoms with van der Waals surface area (Å²) in [6, 6.07) is 0. The fourth-order valence-electron chi connectivity index (χ4n) is 2.71. The Labute approximate surface area is 156 Å². The highest BCUT2D eigenvalue weighted by Crippen LogP contribution is 2.57. The highest BCUT2D eigenvalue weighted by atomic mass is 35.5. The number of ketones is 1. The normalized spacial score (nSPS) is 19.1. The summed E-state index contributed by atoms with van der Waals surface area (Å²) in [5.74, 6) is -0.876. The Kier molecular flexibility index (Phi) is 8.35. The van der Waals surface area contributed by atoms with Gasteiger partial charge < -0.3 is 14.2 Å². The molecular formula is C14H22Cl2NO7P. The summed E-state index contributed by atoms with van der Waals surface area (Å²) in [7, 11) is -4.15. The monoisotopic (exact) mass is 417 g/mol. The maximum absolute atomic E-state index is 13.2. The van der Waals surface area contributed by atoms with Crippen LogP contribution >= 0.6 is 30.8 Å². The summed E-state index contributed by atoms with van der Waals surface area (Å²) in [5.41, 5.74) is -2.28. The van der Waals surface area contributed by atoms with Crippen molar-refractivity contribution < 1.29 is 28.4 Å². The van der Waals surface area contributed by atoms with Crippen LogP contribution in [0, 0.1) is 15.5 Å². The molecule has 8 nitrogen and oxygen atoms in total. The summed E-state index contributed by atoms with van der Waals surface area (Å²) in [4.78, 5) is 22.9. The zero-order chi connectivity index (χ0) is 19.3. The third-order valence-corrected chi connectivity index (χ3v) is 6.21. The van der Waals surface area contributed by atoms with Gasteiger partial charge in [0.05, 0.1) is 18.8 Å². The molecule has 0 spiro atoms. The van der Waals surface area contributed by atoms with Gasteiger partial charge in [-0.15, -0.1) is 23.2 Å². The lowest BCUT2D eigenvalue weighted by Gasteiger charge is -2.33. The van der Waals surface area contributed by atoms with Crippen molar-refractivity contribution in [2.24, 2.45) is 5.41 Å². The lowest BCUT2D eigenvalue weighted by atomic mass is 9.76. The van der Waals surface area contributed by atoms with Gasteiger partial charge in [0, 0.05) is 29.5 Å². The lowest BCUT2D eigenvalue weighted by Crippen LogP contribution is -2.35. The number of halogens is 2. The fraction of sp³-hybridized carbons (Fsp3) is 0.786. The zero-order valence-corrected chi connectivity index (χ0v) is 16.5. The SMILES string of the molecule is CC1(C)CC(=O)C([C@H](C[N+](=O)[O-])P(=O)(OCCCl)OCCCl)=C(O)C1. The van der Waals surface area contributed by atoms with Crippen LogP contribution in [0.1, 0.15) is 26.7 Å². The molecule has 0 radical (unpaired) electrons. The van der Waals surface area contributed by atoms with Crippen molar-refractivity contribution in [3.05, 3.63) is 21.4 Å². The van der Waals surface area contributed by atoms with Gasteiger partial charge >= 0.3 is 7.60 Å². The van der Waals surface area contributed by atoms with Crippen molar-refractivity contribution in [1.82, 2.24) is 0 Å². The Morgan fingerprint density at radius 2 is 1.80 bits per heavy atom. The Hall–Kier alpha value is -0.660. The summed E-state index contributed by atoms with van der Waals surface area (Å²) >= 11 is 11.1. The second kappa shape index (κ2) is 9.33. The number of aliphatic hydroxyl groups excluding tert-OH is 1. The van der Waals surface area contributed by atoms with Crippen molar-refractivity contribution in [2.45, 2.75) is 32.3 Å². The van der Waals surface area contributed by atoms with E-state index >= 15 is 0 Å². The van der Waals surface area contributed by atoms with Crippen LogP contribution in [0.25, 0.3) is 0 Å². The zero-order valence-electron chi connectivity index (χ0n) is 14.1. The third kappa shape index (κ3) is 6.22. The first-order valence-corrected chi connectivity index (χ1v) is 10.3. The molecule has 0 unspecified atom stereocenters. The first-order chi connectivity index (χ1) is 11.6. The van der Waals surface area contributed by atoms with Crippen LogP contribution in [-0.2, 0) is 18.4 Å². The molecule has 0 amide bonds. The van der Waals surface area contributed by atoms with E-state index in [-0.39, 0.29) is 49.1 Å². The van der Waals surface area contributed by atoms with Crippen LogP contribution in [0.5, 0.6) is 0 Å². The third-order valence-electron chi connectivity index (χ3n) is 3.63. The van der Waals surface area contributed by atoms with Gasteiger partial charge in [-0.3, -0.25) is 19.5 Å². The number of Topliss-reactive ketones (excluding diaryl/α,β-unsaturated/α-hetero) is 1. The van der Waals surface area contributed by atoms with E-state index in [1.165, 1.54) is 0 Å². The van der Waals surface area contributed by atoms with E-state index in [0.29, 0.717) is 0 Å². The van der Waals surface area contributed by atoms with Gasteiger partial charge in [-0.2, -0.15) is 0 Å². The molecule has 1 N–H and O–H groups in total. The molecule has 0 heterocycles. The maximum atomic E-state index is 13.2. The van der Waals surface area contributed by atoms with E-state index in [2.05, 4.69) is 0 Å². The Bertz CT molecular complexity index is 582. The largest absolute Gasteiger partial charge is 0.512 e. The second-order valence-electron chi connectivity index (χ2n) is 6.42. The number of hydrogen-bond donors (Lipinski definition) is 1. The van der Waals surface area contributed by atoms with Crippen molar-refractivity contribution in [3.63, 3.8) is 0 Å². The molecule has 144 valence electrons. The molecule has 25 heavy (non-hydrogen) atoms. The van der Waals surface area contributed by atoms with E-state index in [1.807, 2.05) is 0 Å². The standard InChI is InChI=1S/C14H22Cl2NO7P/c1-14(2)7-10(18)13(11(19)8-14)12(9-17(20)21)25(22,23-5-3-15)24-6-4-16/h12,18H,3-9H2,1-2H3/t12-/m0/s1.